The van der Waals surface area contributed by atoms with Crippen LogP contribution in [0.2, 0.25) is 0 Å². The number of anilines is 1. The molecule has 0 spiro atoms. The zero-order valence-electron chi connectivity index (χ0n) is 13.3. The summed E-state index contributed by atoms with van der Waals surface area (Å²) in [7, 11) is 1.80. The quantitative estimate of drug-likeness (QED) is 0.862. The molecular weight excluding hydrogens is 358 g/mol. The topological polar surface area (TPSA) is 71.8 Å². The zero-order valence-corrected chi connectivity index (χ0v) is 14.9. The van der Waals surface area contributed by atoms with E-state index in [9.17, 15) is 4.79 Å². The van der Waals surface area contributed by atoms with Gasteiger partial charge in [-0.3, -0.25) is 10.1 Å². The lowest BCUT2D eigenvalue weighted by Gasteiger charge is -2.19. The van der Waals surface area contributed by atoms with Crippen LogP contribution in [-0.4, -0.2) is 33.8 Å². The maximum Gasteiger partial charge on any atom is 0.259 e. The third-order valence-corrected chi connectivity index (χ3v) is 5.20. The van der Waals surface area contributed by atoms with E-state index in [0.717, 1.165) is 41.8 Å². The number of nitrogens with one attached hydrogen (secondary N) is 2. The Bertz CT molecular complexity index is 721. The molecule has 1 saturated heterocycles. The van der Waals surface area contributed by atoms with Gasteiger partial charge in [0, 0.05) is 17.4 Å². The third kappa shape index (κ3) is 3.45. The van der Waals surface area contributed by atoms with Crippen LogP contribution in [0.5, 0.6) is 0 Å². The van der Waals surface area contributed by atoms with Gasteiger partial charge in [-0.2, -0.15) is 10.1 Å². The fourth-order valence-corrected chi connectivity index (χ4v) is 3.20. The van der Waals surface area contributed by atoms with Crippen LogP contribution in [0.25, 0.3) is 0 Å². The lowest BCUT2D eigenvalue weighted by atomic mass is 9.98. The standard InChI is InChI=1S/C16H20BrN5O/c1-10-4-3-5-12(13(10)17)15(23)20-16-19-14(21-22(16)2)11-6-8-18-9-7-11/h3-5,11,18H,6-9H2,1-2H3,(H,19,20,21,23). The number of halogens is 1. The molecule has 0 aliphatic carbocycles. The molecular formula is C16H20BrN5O. The number of rotatable bonds is 3. The van der Waals surface area contributed by atoms with Gasteiger partial charge in [0.05, 0.1) is 5.56 Å². The average Bonchev–Trinajstić information content (AvgIpc) is 2.92. The van der Waals surface area contributed by atoms with E-state index < -0.39 is 0 Å². The molecule has 0 unspecified atom stereocenters. The first-order valence-electron chi connectivity index (χ1n) is 7.74. The summed E-state index contributed by atoms with van der Waals surface area (Å²) in [6, 6.07) is 5.61. The molecule has 0 saturated carbocycles. The highest BCUT2D eigenvalue weighted by molar-refractivity contribution is 9.10. The van der Waals surface area contributed by atoms with E-state index in [-0.39, 0.29) is 5.91 Å². The van der Waals surface area contributed by atoms with Gasteiger partial charge in [0.2, 0.25) is 5.95 Å². The fourth-order valence-electron chi connectivity index (χ4n) is 2.76. The Hall–Kier alpha value is -1.73. The highest BCUT2D eigenvalue weighted by Crippen LogP contribution is 2.24. The number of amides is 1. The molecule has 0 radical (unpaired) electrons. The number of aryl methyl sites for hydroxylation is 2. The van der Waals surface area contributed by atoms with E-state index in [4.69, 9.17) is 0 Å². The summed E-state index contributed by atoms with van der Waals surface area (Å²) in [6.45, 7) is 3.93. The second-order valence-electron chi connectivity index (χ2n) is 5.83. The molecule has 122 valence electrons. The van der Waals surface area contributed by atoms with Crippen LogP contribution >= 0.6 is 15.9 Å². The van der Waals surface area contributed by atoms with Crippen molar-refractivity contribution < 1.29 is 4.79 Å². The first-order chi connectivity index (χ1) is 11.1. The number of hydrogen-bond acceptors (Lipinski definition) is 4. The highest BCUT2D eigenvalue weighted by atomic mass is 79.9. The largest absolute Gasteiger partial charge is 0.317 e. The van der Waals surface area contributed by atoms with E-state index >= 15 is 0 Å². The number of hydrogen-bond donors (Lipinski definition) is 2. The highest BCUT2D eigenvalue weighted by Gasteiger charge is 2.22. The lowest BCUT2D eigenvalue weighted by Crippen LogP contribution is -2.27. The Morgan fingerprint density at radius 3 is 2.87 bits per heavy atom. The fraction of sp³-hybridized carbons (Fsp3) is 0.438. The predicted molar refractivity (Wildman–Crippen MR) is 92.7 cm³/mol. The number of aromatic nitrogens is 3. The summed E-state index contributed by atoms with van der Waals surface area (Å²) in [5, 5.41) is 10.7. The second kappa shape index (κ2) is 6.80. The first kappa shape index (κ1) is 16.1. The van der Waals surface area contributed by atoms with Gasteiger partial charge < -0.3 is 5.32 Å². The third-order valence-electron chi connectivity index (χ3n) is 4.15. The van der Waals surface area contributed by atoms with Crippen LogP contribution in [0.4, 0.5) is 5.95 Å². The molecule has 1 fully saturated rings. The first-order valence-corrected chi connectivity index (χ1v) is 8.53. The molecule has 1 aliphatic heterocycles. The SMILES string of the molecule is Cc1cccc(C(=O)Nc2nc(C3CCNCC3)nn2C)c1Br. The minimum atomic E-state index is -0.187. The number of benzene rings is 1. The number of carbonyl (C=O) groups is 1. The van der Waals surface area contributed by atoms with Crippen LogP contribution in [0, 0.1) is 6.92 Å². The van der Waals surface area contributed by atoms with Crippen molar-refractivity contribution in [2.75, 3.05) is 18.4 Å². The Kier molecular flexibility index (Phi) is 4.77. The van der Waals surface area contributed by atoms with Crippen LogP contribution in [-0.2, 0) is 7.05 Å². The van der Waals surface area contributed by atoms with Gasteiger partial charge in [0.25, 0.3) is 5.91 Å². The Morgan fingerprint density at radius 2 is 2.13 bits per heavy atom. The number of piperidine rings is 1. The van der Waals surface area contributed by atoms with Gasteiger partial charge in [-0.1, -0.05) is 12.1 Å². The maximum atomic E-state index is 12.5. The minimum absolute atomic E-state index is 0.187. The minimum Gasteiger partial charge on any atom is -0.317 e. The van der Waals surface area contributed by atoms with Crippen molar-refractivity contribution in [2.45, 2.75) is 25.7 Å². The van der Waals surface area contributed by atoms with Gasteiger partial charge in [-0.15, -0.1) is 0 Å². The van der Waals surface area contributed by atoms with Gasteiger partial charge in [-0.05, 0) is 60.4 Å². The van der Waals surface area contributed by atoms with E-state index in [0.29, 0.717) is 17.4 Å². The Morgan fingerprint density at radius 1 is 1.39 bits per heavy atom. The number of carbonyl (C=O) groups excluding carboxylic acids is 1. The molecule has 23 heavy (non-hydrogen) atoms. The smallest absolute Gasteiger partial charge is 0.259 e. The van der Waals surface area contributed by atoms with Gasteiger partial charge >= 0.3 is 0 Å². The molecule has 0 atom stereocenters. The summed E-state index contributed by atoms with van der Waals surface area (Å²) in [5.41, 5.74) is 1.61. The van der Waals surface area contributed by atoms with Crippen molar-refractivity contribution in [3.63, 3.8) is 0 Å². The normalized spacial score (nSPS) is 15.6. The van der Waals surface area contributed by atoms with Gasteiger partial charge in [0.1, 0.15) is 0 Å². The molecule has 1 aromatic heterocycles. The summed E-state index contributed by atoms with van der Waals surface area (Å²) in [5.74, 6) is 1.47. The summed E-state index contributed by atoms with van der Waals surface area (Å²) < 4.78 is 2.44. The van der Waals surface area contributed by atoms with E-state index in [1.807, 2.05) is 19.1 Å². The maximum absolute atomic E-state index is 12.5. The average molecular weight is 378 g/mol. The van der Waals surface area contributed by atoms with Crippen LogP contribution in [0.3, 0.4) is 0 Å². The van der Waals surface area contributed by atoms with E-state index in [1.165, 1.54) is 0 Å². The van der Waals surface area contributed by atoms with Crippen molar-refractivity contribution in [3.05, 3.63) is 39.6 Å². The van der Waals surface area contributed by atoms with Crippen molar-refractivity contribution in [2.24, 2.45) is 7.05 Å². The van der Waals surface area contributed by atoms with Crippen molar-refractivity contribution in [1.82, 2.24) is 20.1 Å². The monoisotopic (exact) mass is 377 g/mol. The molecule has 1 amide bonds. The molecule has 3 rings (SSSR count). The van der Waals surface area contributed by atoms with Crippen molar-refractivity contribution >= 4 is 27.8 Å². The molecule has 0 bridgehead atoms. The predicted octanol–water partition coefficient (Wildman–Crippen LogP) is 2.61. The van der Waals surface area contributed by atoms with Crippen molar-refractivity contribution in [1.29, 1.82) is 0 Å². The summed E-state index contributed by atoms with van der Waals surface area (Å²) in [4.78, 5) is 17.0. The van der Waals surface area contributed by atoms with Gasteiger partial charge in [-0.25, -0.2) is 4.68 Å². The lowest BCUT2D eigenvalue weighted by molar-refractivity contribution is 0.102. The second-order valence-corrected chi connectivity index (χ2v) is 6.63. The van der Waals surface area contributed by atoms with E-state index in [2.05, 4.69) is 36.6 Å². The number of nitrogens with zero attached hydrogens (tertiary/aromatic N) is 3. The Balaban J connectivity index is 1.78. The van der Waals surface area contributed by atoms with E-state index in [1.54, 1.807) is 17.8 Å². The molecule has 6 nitrogen and oxygen atoms in total. The molecule has 1 aliphatic rings. The molecule has 7 heteroatoms. The van der Waals surface area contributed by atoms with Crippen LogP contribution in [0.1, 0.15) is 40.5 Å². The zero-order chi connectivity index (χ0) is 16.4. The molecule has 2 N–H and O–H groups in total. The Labute approximate surface area is 143 Å². The van der Waals surface area contributed by atoms with Gasteiger partial charge in [0.15, 0.2) is 5.82 Å². The van der Waals surface area contributed by atoms with Crippen LogP contribution in [0.15, 0.2) is 22.7 Å². The molecule has 2 aromatic rings. The summed E-state index contributed by atoms with van der Waals surface area (Å²) in [6.07, 6.45) is 2.06. The molecule has 1 aromatic carbocycles. The van der Waals surface area contributed by atoms with Crippen LogP contribution < -0.4 is 10.6 Å². The summed E-state index contributed by atoms with van der Waals surface area (Å²) >= 11 is 3.47. The van der Waals surface area contributed by atoms with Crippen molar-refractivity contribution in [3.8, 4) is 0 Å². The molecule has 2 heterocycles.